The molecule has 1 aliphatic rings. The molecule has 0 atom stereocenters. The molecule has 0 unspecified atom stereocenters. The summed E-state index contributed by atoms with van der Waals surface area (Å²) in [5.74, 6) is 0.869. The highest BCUT2D eigenvalue weighted by molar-refractivity contribution is 7.89. The van der Waals surface area contributed by atoms with E-state index in [2.05, 4.69) is 25.3 Å². The molecular formula is C9H17N5O2S. The molecule has 1 aliphatic carbocycles. The first-order valence-electron chi connectivity index (χ1n) is 5.85. The second-order valence-electron chi connectivity index (χ2n) is 4.43. The second-order valence-corrected chi connectivity index (χ2v) is 6.29. The molecule has 1 heterocycles. The molecule has 1 aromatic heterocycles. The highest BCUT2D eigenvalue weighted by Crippen LogP contribution is 2.24. The maximum atomic E-state index is 11.8. The van der Waals surface area contributed by atoms with Gasteiger partial charge in [0.2, 0.25) is 10.0 Å². The number of H-pyrrole nitrogens is 1. The Morgan fingerprint density at radius 3 is 2.71 bits per heavy atom. The Morgan fingerprint density at radius 2 is 2.06 bits per heavy atom. The summed E-state index contributed by atoms with van der Waals surface area (Å²) in [7, 11) is -3.23. The van der Waals surface area contributed by atoms with E-state index in [0.29, 0.717) is 11.7 Å². The molecule has 0 radical (unpaired) electrons. The van der Waals surface area contributed by atoms with Gasteiger partial charge in [0.15, 0.2) is 5.82 Å². The minimum Gasteiger partial charge on any atom is -0.212 e. The summed E-state index contributed by atoms with van der Waals surface area (Å²) in [6.45, 7) is 0.103. The van der Waals surface area contributed by atoms with Gasteiger partial charge in [-0.25, -0.2) is 13.1 Å². The van der Waals surface area contributed by atoms with Gasteiger partial charge in [0.05, 0.1) is 12.3 Å². The SMILES string of the molecule is O=S(=O)(CC1CCCCC1)NCc1nn[nH]n1. The van der Waals surface area contributed by atoms with Gasteiger partial charge >= 0.3 is 0 Å². The maximum Gasteiger partial charge on any atom is 0.212 e. The lowest BCUT2D eigenvalue weighted by Crippen LogP contribution is -2.30. The smallest absolute Gasteiger partial charge is 0.212 e. The number of aromatic nitrogens is 4. The van der Waals surface area contributed by atoms with Crippen LogP contribution in [0, 0.1) is 5.92 Å². The lowest BCUT2D eigenvalue weighted by atomic mass is 9.91. The zero-order valence-corrected chi connectivity index (χ0v) is 10.4. The molecule has 17 heavy (non-hydrogen) atoms. The van der Waals surface area contributed by atoms with Crippen LogP contribution in [0.1, 0.15) is 37.9 Å². The number of tetrazole rings is 1. The summed E-state index contributed by atoms with van der Waals surface area (Å²) in [4.78, 5) is 0. The first kappa shape index (κ1) is 12.4. The van der Waals surface area contributed by atoms with Crippen LogP contribution in [-0.4, -0.2) is 34.8 Å². The Balaban J connectivity index is 1.81. The molecule has 0 aliphatic heterocycles. The zero-order valence-electron chi connectivity index (χ0n) is 9.59. The van der Waals surface area contributed by atoms with E-state index in [0.717, 1.165) is 25.7 Å². The molecule has 0 amide bonds. The normalized spacial score (nSPS) is 18.4. The first-order chi connectivity index (χ1) is 8.16. The number of rotatable bonds is 5. The fraction of sp³-hybridized carbons (Fsp3) is 0.889. The van der Waals surface area contributed by atoms with E-state index < -0.39 is 10.0 Å². The standard InChI is InChI=1S/C9H17N5O2S/c15-17(16,7-8-4-2-1-3-5-8)10-6-9-11-13-14-12-9/h8,10H,1-7H2,(H,11,12,13,14). The topological polar surface area (TPSA) is 101 Å². The molecule has 1 aromatic rings. The van der Waals surface area contributed by atoms with Crippen molar-refractivity contribution in [3.63, 3.8) is 0 Å². The van der Waals surface area contributed by atoms with E-state index in [1.807, 2.05) is 0 Å². The molecule has 0 spiro atoms. The van der Waals surface area contributed by atoms with E-state index in [4.69, 9.17) is 0 Å². The maximum absolute atomic E-state index is 11.8. The number of sulfonamides is 1. The van der Waals surface area contributed by atoms with E-state index in [9.17, 15) is 8.42 Å². The van der Waals surface area contributed by atoms with Crippen LogP contribution in [0.2, 0.25) is 0 Å². The Morgan fingerprint density at radius 1 is 1.29 bits per heavy atom. The fourth-order valence-electron chi connectivity index (χ4n) is 2.15. The van der Waals surface area contributed by atoms with E-state index >= 15 is 0 Å². The van der Waals surface area contributed by atoms with Crippen LogP contribution < -0.4 is 4.72 Å². The number of aromatic amines is 1. The summed E-state index contributed by atoms with van der Waals surface area (Å²) >= 11 is 0. The molecule has 2 rings (SSSR count). The lowest BCUT2D eigenvalue weighted by molar-refractivity contribution is 0.384. The van der Waals surface area contributed by atoms with Crippen molar-refractivity contribution in [2.24, 2.45) is 5.92 Å². The number of nitrogens with one attached hydrogen (secondary N) is 2. The van der Waals surface area contributed by atoms with E-state index in [1.165, 1.54) is 6.42 Å². The summed E-state index contributed by atoms with van der Waals surface area (Å²) in [6, 6.07) is 0. The van der Waals surface area contributed by atoms with E-state index in [1.54, 1.807) is 0 Å². The molecule has 7 nitrogen and oxygen atoms in total. The molecule has 0 aromatic carbocycles. The van der Waals surface area contributed by atoms with Crippen LogP contribution in [0.4, 0.5) is 0 Å². The van der Waals surface area contributed by atoms with Crippen LogP contribution in [0.15, 0.2) is 0 Å². The van der Waals surface area contributed by atoms with Crippen LogP contribution in [0.5, 0.6) is 0 Å². The van der Waals surface area contributed by atoms with Gasteiger partial charge in [0, 0.05) is 0 Å². The van der Waals surface area contributed by atoms with Crippen molar-refractivity contribution in [1.29, 1.82) is 0 Å². The van der Waals surface area contributed by atoms with Crippen LogP contribution in [-0.2, 0) is 16.6 Å². The summed E-state index contributed by atoms with van der Waals surface area (Å²) in [5, 5.41) is 13.0. The molecular weight excluding hydrogens is 242 g/mol. The van der Waals surface area contributed by atoms with Gasteiger partial charge in [0.25, 0.3) is 0 Å². The monoisotopic (exact) mass is 259 g/mol. The average Bonchev–Trinajstić information content (AvgIpc) is 2.80. The minimum atomic E-state index is -3.23. The Hall–Kier alpha value is -1.02. The van der Waals surface area contributed by atoms with Crippen molar-refractivity contribution in [1.82, 2.24) is 25.3 Å². The Labute approximate surface area is 100 Å². The van der Waals surface area contributed by atoms with Gasteiger partial charge in [-0.2, -0.15) is 5.21 Å². The van der Waals surface area contributed by atoms with Crippen LogP contribution in [0.25, 0.3) is 0 Å². The number of hydrogen-bond donors (Lipinski definition) is 2. The number of nitrogens with zero attached hydrogens (tertiary/aromatic N) is 3. The Kier molecular flexibility index (Phi) is 4.06. The number of hydrogen-bond acceptors (Lipinski definition) is 5. The fourth-order valence-corrected chi connectivity index (χ4v) is 3.58. The minimum absolute atomic E-state index is 0.103. The average molecular weight is 259 g/mol. The van der Waals surface area contributed by atoms with E-state index in [-0.39, 0.29) is 12.3 Å². The lowest BCUT2D eigenvalue weighted by Gasteiger charge is -2.21. The van der Waals surface area contributed by atoms with Gasteiger partial charge in [-0.3, -0.25) is 0 Å². The molecule has 8 heteroatoms. The van der Waals surface area contributed by atoms with Gasteiger partial charge in [-0.1, -0.05) is 24.5 Å². The summed E-state index contributed by atoms with van der Waals surface area (Å²) in [5.41, 5.74) is 0. The summed E-state index contributed by atoms with van der Waals surface area (Å²) < 4.78 is 26.1. The zero-order chi connectivity index (χ0) is 12.1. The predicted octanol–water partition coefficient (Wildman–Crippen LogP) is 0.199. The van der Waals surface area contributed by atoms with Crippen molar-refractivity contribution >= 4 is 10.0 Å². The summed E-state index contributed by atoms with van der Waals surface area (Å²) in [6.07, 6.45) is 5.55. The second kappa shape index (κ2) is 5.54. The van der Waals surface area contributed by atoms with Crippen molar-refractivity contribution in [2.75, 3.05) is 5.75 Å². The third-order valence-electron chi connectivity index (χ3n) is 3.02. The highest BCUT2D eigenvalue weighted by Gasteiger charge is 2.21. The molecule has 2 N–H and O–H groups in total. The molecule has 0 bridgehead atoms. The molecule has 96 valence electrons. The molecule has 1 saturated carbocycles. The van der Waals surface area contributed by atoms with Gasteiger partial charge in [-0.15, -0.1) is 10.2 Å². The molecule has 0 saturated heterocycles. The van der Waals surface area contributed by atoms with Crippen molar-refractivity contribution in [2.45, 2.75) is 38.6 Å². The predicted molar refractivity (Wildman–Crippen MR) is 61.4 cm³/mol. The first-order valence-corrected chi connectivity index (χ1v) is 7.50. The van der Waals surface area contributed by atoms with Crippen molar-refractivity contribution in [3.05, 3.63) is 5.82 Å². The van der Waals surface area contributed by atoms with Crippen molar-refractivity contribution < 1.29 is 8.42 Å². The van der Waals surface area contributed by atoms with Gasteiger partial charge in [-0.05, 0) is 18.8 Å². The van der Waals surface area contributed by atoms with Gasteiger partial charge < -0.3 is 0 Å². The molecule has 1 fully saturated rings. The largest absolute Gasteiger partial charge is 0.212 e. The van der Waals surface area contributed by atoms with Gasteiger partial charge in [0.1, 0.15) is 0 Å². The highest BCUT2D eigenvalue weighted by atomic mass is 32.2. The van der Waals surface area contributed by atoms with Crippen LogP contribution in [0.3, 0.4) is 0 Å². The van der Waals surface area contributed by atoms with Crippen LogP contribution >= 0.6 is 0 Å². The third kappa shape index (κ3) is 4.04. The third-order valence-corrected chi connectivity index (χ3v) is 4.51. The van der Waals surface area contributed by atoms with Crippen molar-refractivity contribution in [3.8, 4) is 0 Å². The quantitative estimate of drug-likeness (QED) is 0.786. The Bertz CT molecular complexity index is 424.